The summed E-state index contributed by atoms with van der Waals surface area (Å²) in [5.41, 5.74) is 7.59. The number of anilines is 2. The highest BCUT2D eigenvalue weighted by atomic mass is 19.4. The molecule has 0 spiro atoms. The van der Waals surface area contributed by atoms with Crippen LogP contribution in [0.2, 0.25) is 0 Å². The Labute approximate surface area is 198 Å². The fourth-order valence-electron chi connectivity index (χ4n) is 3.30. The Morgan fingerprint density at radius 2 is 1.91 bits per heavy atom. The summed E-state index contributed by atoms with van der Waals surface area (Å²) in [6.07, 6.45) is -2.63. The lowest BCUT2D eigenvalue weighted by Crippen LogP contribution is -2.24. The number of hydrogen-bond acceptors (Lipinski definition) is 6. The van der Waals surface area contributed by atoms with Crippen molar-refractivity contribution in [1.82, 2.24) is 15.3 Å². The van der Waals surface area contributed by atoms with Gasteiger partial charge in [0.2, 0.25) is 5.95 Å². The summed E-state index contributed by atoms with van der Waals surface area (Å²) in [5, 5.41) is 7.81. The molecule has 0 bridgehead atoms. The van der Waals surface area contributed by atoms with Gasteiger partial charge in [0.25, 0.3) is 5.56 Å². The van der Waals surface area contributed by atoms with Crippen LogP contribution < -0.4 is 32.0 Å². The van der Waals surface area contributed by atoms with E-state index in [1.54, 1.807) is 0 Å². The van der Waals surface area contributed by atoms with Gasteiger partial charge in [-0.15, -0.1) is 13.2 Å². The average Bonchev–Trinajstić information content (AvgIpc) is 2.78. The normalized spacial score (nSPS) is 11.2. The number of amides is 2. The third-order valence-electron chi connectivity index (χ3n) is 4.86. The van der Waals surface area contributed by atoms with Crippen molar-refractivity contribution < 1.29 is 22.7 Å². The number of rotatable bonds is 9. The van der Waals surface area contributed by atoms with E-state index in [9.17, 15) is 22.8 Å². The topological polar surface area (TPSA) is 134 Å². The van der Waals surface area contributed by atoms with E-state index in [0.717, 1.165) is 30.2 Å². The Bertz CT molecular complexity index is 1230. The third kappa shape index (κ3) is 7.55. The molecule has 0 atom stereocenters. The highest BCUT2D eigenvalue weighted by Crippen LogP contribution is 2.30. The van der Waals surface area contributed by atoms with Gasteiger partial charge >= 0.3 is 12.4 Å². The van der Waals surface area contributed by atoms with E-state index in [-0.39, 0.29) is 11.6 Å². The molecule has 186 valence electrons. The fourth-order valence-corrected chi connectivity index (χ4v) is 3.30. The molecular formula is C23H25F3N6O3. The number of aromatic amines is 1. The van der Waals surface area contributed by atoms with Gasteiger partial charge in [0.15, 0.2) is 5.75 Å². The van der Waals surface area contributed by atoms with E-state index in [1.165, 1.54) is 24.4 Å². The smallest absolute Gasteiger partial charge is 0.404 e. The number of ether oxygens (including phenoxy) is 1. The summed E-state index contributed by atoms with van der Waals surface area (Å²) in [6, 6.07) is 9.82. The molecule has 9 nitrogen and oxygen atoms in total. The largest absolute Gasteiger partial charge is 0.573 e. The maximum atomic E-state index is 12.6. The van der Waals surface area contributed by atoms with Gasteiger partial charge in [-0.05, 0) is 55.3 Å². The molecule has 0 fully saturated rings. The van der Waals surface area contributed by atoms with Gasteiger partial charge < -0.3 is 26.1 Å². The molecule has 6 N–H and O–H groups in total. The summed E-state index contributed by atoms with van der Waals surface area (Å²) in [7, 11) is 0. The summed E-state index contributed by atoms with van der Waals surface area (Å²) in [4.78, 5) is 31.4. The van der Waals surface area contributed by atoms with Crippen molar-refractivity contribution >= 4 is 17.7 Å². The Hall–Kier alpha value is -3.90. The summed E-state index contributed by atoms with van der Waals surface area (Å²) in [5.74, 6) is -0.760. The number of nitrogens with one attached hydrogen (secondary N) is 4. The molecule has 0 radical (unpaired) electrons. The van der Waals surface area contributed by atoms with Gasteiger partial charge in [-0.1, -0.05) is 30.3 Å². The van der Waals surface area contributed by atoms with E-state index in [2.05, 4.69) is 30.7 Å². The van der Waals surface area contributed by atoms with Crippen molar-refractivity contribution in [3.8, 4) is 16.9 Å². The second-order valence-corrected chi connectivity index (χ2v) is 7.56. The van der Waals surface area contributed by atoms with Crippen LogP contribution in [0, 0.1) is 6.92 Å². The second kappa shape index (κ2) is 11.5. The first-order valence-corrected chi connectivity index (χ1v) is 10.7. The first-order chi connectivity index (χ1) is 16.7. The molecule has 0 aliphatic rings. The lowest BCUT2D eigenvalue weighted by atomic mass is 10.0. The lowest BCUT2D eigenvalue weighted by molar-refractivity contribution is -0.274. The standard InChI is InChI=1S/C23H25F3N6O3/c1-14-11-15(12-28-10-4-9-27)7-8-16(14)17-13-29-21(31-20(17)33)32-22(34)30-18-5-2-3-6-19(18)35-23(24,25)26/h2-3,5-8,11,13,28H,4,9-10,12,27H2,1H3,(H3,29,30,31,32,33,34). The molecule has 2 aromatic carbocycles. The average molecular weight is 490 g/mol. The number of carbonyl (C=O) groups excluding carboxylic acids is 1. The monoisotopic (exact) mass is 490 g/mol. The van der Waals surface area contributed by atoms with Crippen molar-refractivity contribution in [3.63, 3.8) is 0 Å². The van der Waals surface area contributed by atoms with Crippen LogP contribution in [0.4, 0.5) is 29.6 Å². The summed E-state index contributed by atoms with van der Waals surface area (Å²) in [6.45, 7) is 3.97. The molecule has 35 heavy (non-hydrogen) atoms. The number of halogens is 3. The van der Waals surface area contributed by atoms with Crippen LogP contribution in [-0.4, -0.2) is 35.5 Å². The summed E-state index contributed by atoms with van der Waals surface area (Å²) < 4.78 is 41.6. The van der Waals surface area contributed by atoms with Crippen molar-refractivity contribution in [1.29, 1.82) is 0 Å². The molecule has 0 unspecified atom stereocenters. The van der Waals surface area contributed by atoms with Crippen LogP contribution in [0.15, 0.2) is 53.5 Å². The molecule has 0 aliphatic heterocycles. The molecule has 2 amide bonds. The van der Waals surface area contributed by atoms with Crippen molar-refractivity contribution in [2.24, 2.45) is 5.73 Å². The van der Waals surface area contributed by atoms with Gasteiger partial charge in [0.1, 0.15) is 0 Å². The van der Waals surface area contributed by atoms with Crippen molar-refractivity contribution in [3.05, 3.63) is 70.1 Å². The maximum Gasteiger partial charge on any atom is 0.573 e. The molecule has 1 aromatic heterocycles. The number of nitrogens with two attached hydrogens (primary N) is 1. The predicted octanol–water partition coefficient (Wildman–Crippen LogP) is 3.73. The predicted molar refractivity (Wildman–Crippen MR) is 126 cm³/mol. The molecule has 0 saturated heterocycles. The van der Waals surface area contributed by atoms with Gasteiger partial charge in [0, 0.05) is 12.7 Å². The molecule has 3 aromatic rings. The maximum absolute atomic E-state index is 12.6. The number of benzene rings is 2. The van der Waals surface area contributed by atoms with Gasteiger partial charge in [0.05, 0.1) is 11.3 Å². The zero-order valence-electron chi connectivity index (χ0n) is 18.8. The van der Waals surface area contributed by atoms with E-state index < -0.39 is 23.7 Å². The minimum Gasteiger partial charge on any atom is -0.404 e. The molecule has 12 heteroatoms. The first kappa shape index (κ1) is 25.7. The number of urea groups is 1. The van der Waals surface area contributed by atoms with Gasteiger partial charge in [-0.3, -0.25) is 10.1 Å². The minimum atomic E-state index is -4.92. The number of aryl methyl sites for hydroxylation is 1. The van der Waals surface area contributed by atoms with E-state index in [0.29, 0.717) is 24.2 Å². The number of aromatic nitrogens is 2. The number of nitrogens with zero attached hydrogens (tertiary/aromatic N) is 1. The quantitative estimate of drug-likeness (QED) is 0.290. The van der Waals surface area contributed by atoms with E-state index >= 15 is 0 Å². The SMILES string of the molecule is Cc1cc(CNCCCN)ccc1-c1c[nH]c(NC(=O)Nc2ccccc2OC(F)(F)F)nc1=O. The van der Waals surface area contributed by atoms with Crippen molar-refractivity contribution in [2.45, 2.75) is 26.3 Å². The van der Waals surface area contributed by atoms with Crippen molar-refractivity contribution in [2.75, 3.05) is 23.7 Å². The zero-order chi connectivity index (χ0) is 25.4. The van der Waals surface area contributed by atoms with Gasteiger partial charge in [-0.25, -0.2) is 4.79 Å². The third-order valence-corrected chi connectivity index (χ3v) is 4.86. The van der Waals surface area contributed by atoms with E-state index in [1.807, 2.05) is 25.1 Å². The molecule has 0 aliphatic carbocycles. The van der Waals surface area contributed by atoms with Crippen LogP contribution in [0.1, 0.15) is 17.5 Å². The number of alkyl halides is 3. The highest BCUT2D eigenvalue weighted by Gasteiger charge is 2.32. The number of hydrogen-bond donors (Lipinski definition) is 5. The molecular weight excluding hydrogens is 465 g/mol. The Morgan fingerprint density at radius 3 is 2.60 bits per heavy atom. The second-order valence-electron chi connectivity index (χ2n) is 7.56. The summed E-state index contributed by atoms with van der Waals surface area (Å²) >= 11 is 0. The highest BCUT2D eigenvalue weighted by molar-refractivity contribution is 5.99. The molecule has 3 rings (SSSR count). The number of para-hydroxylation sites is 2. The molecule has 0 saturated carbocycles. The Morgan fingerprint density at radius 1 is 1.14 bits per heavy atom. The zero-order valence-corrected chi connectivity index (χ0v) is 18.8. The van der Waals surface area contributed by atoms with Crippen LogP contribution in [0.3, 0.4) is 0 Å². The lowest BCUT2D eigenvalue weighted by Gasteiger charge is -2.14. The van der Waals surface area contributed by atoms with Crippen LogP contribution in [0.5, 0.6) is 5.75 Å². The number of H-pyrrole nitrogens is 1. The number of carbonyl (C=O) groups is 1. The Balaban J connectivity index is 1.68. The van der Waals surface area contributed by atoms with Crippen LogP contribution in [0.25, 0.3) is 11.1 Å². The van der Waals surface area contributed by atoms with E-state index in [4.69, 9.17) is 5.73 Å². The van der Waals surface area contributed by atoms with Gasteiger partial charge in [-0.2, -0.15) is 4.98 Å². The van der Waals surface area contributed by atoms with Crippen LogP contribution >= 0.6 is 0 Å². The molecule has 1 heterocycles. The minimum absolute atomic E-state index is 0.177. The fraction of sp³-hybridized carbons (Fsp3) is 0.261. The Kier molecular flexibility index (Phi) is 8.44. The van der Waals surface area contributed by atoms with Crippen LogP contribution in [-0.2, 0) is 6.54 Å². The first-order valence-electron chi connectivity index (χ1n) is 10.7.